The molecule has 0 saturated carbocycles. The van der Waals surface area contributed by atoms with Crippen molar-refractivity contribution in [2.45, 2.75) is 162 Å². The molecule has 6 nitrogen and oxygen atoms in total. The Morgan fingerprint density at radius 1 is 0.703 bits per heavy atom. The molecule has 0 bridgehead atoms. The summed E-state index contributed by atoms with van der Waals surface area (Å²) in [6.07, 6.45) is 22.2. The normalized spacial score (nSPS) is 14.8. The molecule has 0 rings (SSSR count). The Labute approximate surface area is 233 Å². The molecule has 0 aliphatic carbocycles. The van der Waals surface area contributed by atoms with Crippen LogP contribution in [-0.2, 0) is 23.4 Å². The second-order valence-electron chi connectivity index (χ2n) is 10.0. The van der Waals surface area contributed by atoms with Crippen LogP contribution in [0.1, 0.15) is 150 Å². The summed E-state index contributed by atoms with van der Waals surface area (Å²) in [5.41, 5.74) is -1.06. The van der Waals surface area contributed by atoms with Gasteiger partial charge in [0, 0.05) is 5.25 Å². The van der Waals surface area contributed by atoms with Crippen molar-refractivity contribution in [3.05, 3.63) is 0 Å². The van der Waals surface area contributed by atoms with Gasteiger partial charge in [0.15, 0.2) is 0 Å². The summed E-state index contributed by atoms with van der Waals surface area (Å²) < 4.78 is 23.0. The fraction of sp³-hybridized carbons (Fsp3) is 0.966. The summed E-state index contributed by atoms with van der Waals surface area (Å²) in [4.78, 5) is 22.9. The zero-order valence-electron chi connectivity index (χ0n) is 24.8. The first-order valence-corrected chi connectivity index (χ1v) is 17.9. The van der Waals surface area contributed by atoms with E-state index in [1.54, 1.807) is 6.92 Å². The van der Waals surface area contributed by atoms with E-state index in [1.807, 2.05) is 25.6 Å². The Morgan fingerprint density at radius 3 is 1.73 bits per heavy atom. The molecule has 3 unspecified atom stereocenters. The maximum absolute atomic E-state index is 12.7. The lowest BCUT2D eigenvalue weighted by Crippen LogP contribution is -2.25. The number of carbonyl (C=O) groups excluding carboxylic acids is 1. The van der Waals surface area contributed by atoms with Gasteiger partial charge in [-0.15, -0.1) is 0 Å². The molecular formula is C29H59O6PS. The lowest BCUT2D eigenvalue weighted by Gasteiger charge is -2.23. The topological polar surface area (TPSA) is 71.1 Å². The average molecular weight is 567 g/mol. The smallest absolute Gasteiger partial charge is 0.301 e. The summed E-state index contributed by atoms with van der Waals surface area (Å²) in [6.45, 7) is 10.2. The van der Waals surface area contributed by atoms with Crippen LogP contribution in [0.25, 0.3) is 0 Å². The Bertz CT molecular complexity index is 563. The van der Waals surface area contributed by atoms with Crippen molar-refractivity contribution < 1.29 is 28.2 Å². The third-order valence-corrected chi connectivity index (χ3v) is 9.67. The van der Waals surface area contributed by atoms with Gasteiger partial charge in [-0.05, 0) is 38.9 Å². The Kier molecular flexibility index (Phi) is 26.1. The predicted molar refractivity (Wildman–Crippen MR) is 159 cm³/mol. The van der Waals surface area contributed by atoms with Crippen LogP contribution in [0.2, 0.25) is 0 Å². The van der Waals surface area contributed by atoms with E-state index >= 15 is 0 Å². The second-order valence-corrected chi connectivity index (χ2v) is 13.3. The van der Waals surface area contributed by atoms with E-state index in [0.717, 1.165) is 18.6 Å². The first-order chi connectivity index (χ1) is 17.9. The average Bonchev–Trinajstić information content (AvgIpc) is 2.89. The lowest BCUT2D eigenvalue weighted by molar-refractivity contribution is -0.262. The Hall–Kier alpha value is -0.0700. The Morgan fingerprint density at radius 2 is 1.22 bits per heavy atom. The summed E-state index contributed by atoms with van der Waals surface area (Å²) in [5.74, 6) is 1.08. The van der Waals surface area contributed by atoms with Crippen molar-refractivity contribution >= 4 is 25.1 Å². The van der Waals surface area contributed by atoms with Gasteiger partial charge in [-0.2, -0.15) is 16.6 Å². The molecule has 0 aliphatic heterocycles. The van der Waals surface area contributed by atoms with E-state index in [-0.39, 0.29) is 24.6 Å². The van der Waals surface area contributed by atoms with Gasteiger partial charge >= 0.3 is 13.3 Å². The molecule has 0 amide bonds. The Balaban J connectivity index is 4.43. The second kappa shape index (κ2) is 26.2. The molecular weight excluding hydrogens is 507 g/mol. The highest BCUT2D eigenvalue weighted by Gasteiger charge is 2.38. The fourth-order valence-corrected chi connectivity index (χ4v) is 6.66. The zero-order valence-corrected chi connectivity index (χ0v) is 26.5. The molecule has 8 heteroatoms. The molecule has 37 heavy (non-hydrogen) atoms. The van der Waals surface area contributed by atoms with Crippen molar-refractivity contribution in [3.8, 4) is 0 Å². The fourth-order valence-electron chi connectivity index (χ4n) is 4.15. The third-order valence-electron chi connectivity index (χ3n) is 6.45. The van der Waals surface area contributed by atoms with Crippen LogP contribution in [0.3, 0.4) is 0 Å². The van der Waals surface area contributed by atoms with Crippen molar-refractivity contribution in [1.29, 1.82) is 0 Å². The highest BCUT2D eigenvalue weighted by molar-refractivity contribution is 7.99. The van der Waals surface area contributed by atoms with Gasteiger partial charge < -0.3 is 9.05 Å². The molecule has 0 aromatic rings. The third kappa shape index (κ3) is 20.5. The summed E-state index contributed by atoms with van der Waals surface area (Å²) in [5, 5.41) is 0.223. The molecule has 0 fully saturated rings. The minimum absolute atomic E-state index is 0.0981. The highest BCUT2D eigenvalue weighted by Crippen LogP contribution is 2.50. The predicted octanol–water partition coefficient (Wildman–Crippen LogP) is 10.9. The largest absolute Gasteiger partial charge is 0.452 e. The number of rotatable bonds is 28. The minimum Gasteiger partial charge on any atom is -0.301 e. The molecule has 0 saturated heterocycles. The molecule has 0 aliphatic rings. The van der Waals surface area contributed by atoms with Gasteiger partial charge in [-0.3, -0.25) is 4.89 Å². The molecule has 222 valence electrons. The SMILES string of the molecule is CCCCCCCCCCCCCSC(CCCCCCC)C(C)OOC(=O)P(=O)(OCC)OCCC. The van der Waals surface area contributed by atoms with Crippen LogP contribution in [0, 0.1) is 0 Å². The van der Waals surface area contributed by atoms with Crippen LogP contribution >= 0.6 is 19.4 Å². The van der Waals surface area contributed by atoms with Crippen molar-refractivity contribution in [2.75, 3.05) is 19.0 Å². The monoisotopic (exact) mass is 566 g/mol. The summed E-state index contributed by atoms with van der Waals surface area (Å²) in [6, 6.07) is 0. The standard InChI is InChI=1S/C29H59O6PS/c1-6-10-12-14-15-16-17-18-19-21-23-26-37-28(24-22-20-13-11-7-2)27(5)34-35-29(30)36(31,32-9-4)33-25-8-3/h27-28H,6-26H2,1-5H3. The quantitative estimate of drug-likeness (QED) is 0.0403. The van der Waals surface area contributed by atoms with Gasteiger partial charge in [0.1, 0.15) is 6.10 Å². The van der Waals surface area contributed by atoms with Crippen LogP contribution in [0.15, 0.2) is 0 Å². The van der Waals surface area contributed by atoms with E-state index in [9.17, 15) is 9.36 Å². The van der Waals surface area contributed by atoms with E-state index in [2.05, 4.69) is 13.8 Å². The van der Waals surface area contributed by atoms with Crippen molar-refractivity contribution in [3.63, 3.8) is 0 Å². The highest BCUT2D eigenvalue weighted by atomic mass is 32.2. The summed E-state index contributed by atoms with van der Waals surface area (Å²) >= 11 is 1.91. The first-order valence-electron chi connectivity index (χ1n) is 15.3. The van der Waals surface area contributed by atoms with Crippen molar-refractivity contribution in [1.82, 2.24) is 0 Å². The van der Waals surface area contributed by atoms with Crippen molar-refractivity contribution in [2.24, 2.45) is 0 Å². The van der Waals surface area contributed by atoms with Crippen LogP contribution < -0.4 is 0 Å². The molecule has 0 radical (unpaired) electrons. The number of carbonyl (C=O) groups is 1. The van der Waals surface area contributed by atoms with Gasteiger partial charge in [0.2, 0.25) is 0 Å². The minimum atomic E-state index is -3.99. The number of thioether (sulfide) groups is 1. The molecule has 0 aromatic carbocycles. The van der Waals surface area contributed by atoms with Crippen LogP contribution in [-0.4, -0.2) is 36.0 Å². The number of hydrogen-bond donors (Lipinski definition) is 0. The van der Waals surface area contributed by atoms with Gasteiger partial charge in [0.25, 0.3) is 0 Å². The van der Waals surface area contributed by atoms with Crippen LogP contribution in [0.5, 0.6) is 0 Å². The number of hydrogen-bond acceptors (Lipinski definition) is 7. The molecule has 0 spiro atoms. The molecule has 0 aromatic heterocycles. The lowest BCUT2D eigenvalue weighted by atomic mass is 10.1. The van der Waals surface area contributed by atoms with Gasteiger partial charge in [0.05, 0.1) is 13.2 Å². The van der Waals surface area contributed by atoms with E-state index in [0.29, 0.717) is 6.42 Å². The zero-order chi connectivity index (χ0) is 27.6. The molecule has 0 N–H and O–H groups in total. The maximum Gasteiger partial charge on any atom is 0.452 e. The first kappa shape index (κ1) is 36.9. The summed E-state index contributed by atoms with van der Waals surface area (Å²) in [7, 11) is -3.99. The van der Waals surface area contributed by atoms with E-state index in [4.69, 9.17) is 18.8 Å². The van der Waals surface area contributed by atoms with Gasteiger partial charge in [-0.1, -0.05) is 117 Å². The van der Waals surface area contributed by atoms with Gasteiger partial charge in [-0.25, -0.2) is 9.36 Å². The molecule has 0 heterocycles. The maximum atomic E-state index is 12.7. The van der Waals surface area contributed by atoms with E-state index in [1.165, 1.54) is 96.3 Å². The van der Waals surface area contributed by atoms with E-state index < -0.39 is 13.3 Å². The number of unbranched alkanes of at least 4 members (excludes halogenated alkanes) is 14. The van der Waals surface area contributed by atoms with Crippen LogP contribution in [0.4, 0.5) is 4.79 Å². The molecule has 3 atom stereocenters.